The molecule has 1 fully saturated rings. The largest absolute Gasteiger partial charge is 0.497 e. The lowest BCUT2D eigenvalue weighted by Crippen LogP contribution is -2.35. The highest BCUT2D eigenvalue weighted by Crippen LogP contribution is 2.31. The molecular formula is C22H23Cl2N5O. The molecular weight excluding hydrogens is 421 g/mol. The molecule has 30 heavy (non-hydrogen) atoms. The molecule has 1 aliphatic rings. The van der Waals surface area contributed by atoms with E-state index < -0.39 is 0 Å². The first-order valence-electron chi connectivity index (χ1n) is 9.82. The number of benzene rings is 2. The van der Waals surface area contributed by atoms with E-state index in [0.717, 1.165) is 54.3 Å². The van der Waals surface area contributed by atoms with Crippen LogP contribution in [0.15, 0.2) is 48.7 Å². The van der Waals surface area contributed by atoms with Crippen molar-refractivity contribution in [3.63, 3.8) is 0 Å². The van der Waals surface area contributed by atoms with E-state index in [4.69, 9.17) is 32.9 Å². The quantitative estimate of drug-likeness (QED) is 0.475. The highest BCUT2D eigenvalue weighted by molar-refractivity contribution is 6.35. The normalized spacial score (nSPS) is 14.4. The molecule has 0 atom stereocenters. The van der Waals surface area contributed by atoms with Gasteiger partial charge in [0.05, 0.1) is 7.11 Å². The van der Waals surface area contributed by atoms with E-state index in [1.54, 1.807) is 25.3 Å². The fraction of sp³-hybridized carbons (Fsp3) is 0.273. The average molecular weight is 444 g/mol. The SMILES string of the molecule is COc1cccc(-c2cnc(Nc3cc(Cl)cc(Cl)c3)nc2NC2CCNCC2)c1. The first-order valence-corrected chi connectivity index (χ1v) is 10.6. The van der Waals surface area contributed by atoms with Crippen LogP contribution in [0.1, 0.15) is 12.8 Å². The van der Waals surface area contributed by atoms with E-state index in [1.807, 2.05) is 30.5 Å². The Morgan fingerprint density at radius 3 is 2.57 bits per heavy atom. The second-order valence-electron chi connectivity index (χ2n) is 7.14. The Labute approximate surface area is 186 Å². The van der Waals surface area contributed by atoms with Gasteiger partial charge in [0.2, 0.25) is 5.95 Å². The van der Waals surface area contributed by atoms with Crippen LogP contribution >= 0.6 is 23.2 Å². The predicted molar refractivity (Wildman–Crippen MR) is 123 cm³/mol. The topological polar surface area (TPSA) is 71.1 Å². The van der Waals surface area contributed by atoms with Crippen molar-refractivity contribution in [2.45, 2.75) is 18.9 Å². The lowest BCUT2D eigenvalue weighted by Gasteiger charge is -2.25. The van der Waals surface area contributed by atoms with E-state index in [1.165, 1.54) is 0 Å². The van der Waals surface area contributed by atoms with Crippen LogP contribution < -0.4 is 20.7 Å². The lowest BCUT2D eigenvalue weighted by atomic mass is 10.0. The van der Waals surface area contributed by atoms with Crippen LogP contribution in [0, 0.1) is 0 Å². The molecule has 3 N–H and O–H groups in total. The molecule has 0 aliphatic carbocycles. The van der Waals surface area contributed by atoms with Crippen molar-refractivity contribution in [3.05, 3.63) is 58.7 Å². The van der Waals surface area contributed by atoms with E-state index in [2.05, 4.69) is 20.9 Å². The van der Waals surface area contributed by atoms with Gasteiger partial charge in [-0.1, -0.05) is 35.3 Å². The van der Waals surface area contributed by atoms with E-state index >= 15 is 0 Å². The van der Waals surface area contributed by atoms with Crippen LogP contribution in [-0.2, 0) is 0 Å². The standard InChI is InChI=1S/C22H23Cl2N5O/c1-30-19-4-2-3-14(9-19)20-13-26-22(28-18-11-15(23)10-16(24)12-18)29-21(20)27-17-5-7-25-8-6-17/h2-4,9-13,17,25H,5-8H2,1H3,(H2,26,27,28,29). The molecule has 0 radical (unpaired) electrons. The minimum Gasteiger partial charge on any atom is -0.497 e. The number of ether oxygens (including phenoxy) is 1. The number of hydrogen-bond acceptors (Lipinski definition) is 6. The van der Waals surface area contributed by atoms with Gasteiger partial charge in [0.25, 0.3) is 0 Å². The van der Waals surface area contributed by atoms with Crippen molar-refractivity contribution in [2.75, 3.05) is 30.8 Å². The molecule has 8 heteroatoms. The molecule has 0 unspecified atom stereocenters. The molecule has 1 aromatic heterocycles. The Morgan fingerprint density at radius 1 is 1.07 bits per heavy atom. The summed E-state index contributed by atoms with van der Waals surface area (Å²) < 4.78 is 5.38. The monoisotopic (exact) mass is 443 g/mol. The predicted octanol–water partition coefficient (Wildman–Crippen LogP) is 5.37. The van der Waals surface area contributed by atoms with Crippen LogP contribution in [0.5, 0.6) is 5.75 Å². The van der Waals surface area contributed by atoms with Crippen molar-refractivity contribution < 1.29 is 4.74 Å². The van der Waals surface area contributed by atoms with Gasteiger partial charge >= 0.3 is 0 Å². The molecule has 6 nitrogen and oxygen atoms in total. The number of aromatic nitrogens is 2. The van der Waals surface area contributed by atoms with Gasteiger partial charge in [-0.2, -0.15) is 4.98 Å². The fourth-order valence-corrected chi connectivity index (χ4v) is 3.99. The lowest BCUT2D eigenvalue weighted by molar-refractivity contribution is 0.415. The summed E-state index contributed by atoms with van der Waals surface area (Å²) in [6.07, 6.45) is 3.89. The number of nitrogens with zero attached hydrogens (tertiary/aromatic N) is 2. The first-order chi connectivity index (χ1) is 14.6. The van der Waals surface area contributed by atoms with Crippen LogP contribution in [0.25, 0.3) is 11.1 Å². The second-order valence-corrected chi connectivity index (χ2v) is 8.01. The highest BCUT2D eigenvalue weighted by atomic mass is 35.5. The van der Waals surface area contributed by atoms with Gasteiger partial charge in [-0.15, -0.1) is 0 Å². The molecule has 3 aromatic rings. The van der Waals surface area contributed by atoms with Crippen molar-refractivity contribution in [1.29, 1.82) is 0 Å². The molecule has 0 saturated carbocycles. The third-order valence-corrected chi connectivity index (χ3v) is 5.40. The molecule has 1 aliphatic heterocycles. The molecule has 0 bridgehead atoms. The van der Waals surface area contributed by atoms with Gasteiger partial charge in [0.1, 0.15) is 11.6 Å². The molecule has 0 amide bonds. The molecule has 156 valence electrons. The van der Waals surface area contributed by atoms with Gasteiger partial charge in [-0.05, 0) is 61.8 Å². The van der Waals surface area contributed by atoms with E-state index in [9.17, 15) is 0 Å². The van der Waals surface area contributed by atoms with Crippen molar-refractivity contribution in [3.8, 4) is 16.9 Å². The van der Waals surface area contributed by atoms with Gasteiger partial charge in [-0.3, -0.25) is 0 Å². The minimum absolute atomic E-state index is 0.346. The maximum absolute atomic E-state index is 6.11. The number of anilines is 3. The second kappa shape index (κ2) is 9.51. The summed E-state index contributed by atoms with van der Waals surface area (Å²) in [4.78, 5) is 9.29. The zero-order chi connectivity index (χ0) is 20.9. The van der Waals surface area contributed by atoms with Gasteiger partial charge in [-0.25, -0.2) is 4.98 Å². The number of hydrogen-bond donors (Lipinski definition) is 3. The van der Waals surface area contributed by atoms with Crippen molar-refractivity contribution in [2.24, 2.45) is 0 Å². The number of rotatable bonds is 6. The Bertz CT molecular complexity index is 1000. The van der Waals surface area contributed by atoms with Crippen LogP contribution in [0.2, 0.25) is 10.0 Å². The number of nitrogens with one attached hydrogen (secondary N) is 3. The average Bonchev–Trinajstić information content (AvgIpc) is 2.74. The third-order valence-electron chi connectivity index (χ3n) is 4.97. The van der Waals surface area contributed by atoms with E-state index in [-0.39, 0.29) is 0 Å². The summed E-state index contributed by atoms with van der Waals surface area (Å²) in [6, 6.07) is 13.5. The highest BCUT2D eigenvalue weighted by Gasteiger charge is 2.17. The van der Waals surface area contributed by atoms with Gasteiger partial charge in [0.15, 0.2) is 0 Å². The number of methoxy groups -OCH3 is 1. The summed E-state index contributed by atoms with van der Waals surface area (Å²) >= 11 is 12.2. The minimum atomic E-state index is 0.346. The van der Waals surface area contributed by atoms with Gasteiger partial charge < -0.3 is 20.7 Å². The van der Waals surface area contributed by atoms with Crippen molar-refractivity contribution in [1.82, 2.24) is 15.3 Å². The van der Waals surface area contributed by atoms with Crippen LogP contribution in [-0.4, -0.2) is 36.2 Å². The Balaban J connectivity index is 1.68. The molecule has 2 heterocycles. The van der Waals surface area contributed by atoms with Crippen LogP contribution in [0.3, 0.4) is 0 Å². The number of piperidine rings is 1. The molecule has 0 spiro atoms. The zero-order valence-corrected chi connectivity index (χ0v) is 18.1. The number of halogens is 2. The first kappa shape index (κ1) is 20.7. The van der Waals surface area contributed by atoms with E-state index in [0.29, 0.717) is 22.0 Å². The smallest absolute Gasteiger partial charge is 0.229 e. The van der Waals surface area contributed by atoms with Crippen LogP contribution in [0.4, 0.5) is 17.5 Å². The zero-order valence-electron chi connectivity index (χ0n) is 16.6. The maximum atomic E-state index is 6.11. The fourth-order valence-electron chi connectivity index (χ4n) is 3.47. The Morgan fingerprint density at radius 2 is 1.83 bits per heavy atom. The molecule has 1 saturated heterocycles. The maximum Gasteiger partial charge on any atom is 0.229 e. The van der Waals surface area contributed by atoms with Crippen molar-refractivity contribution >= 4 is 40.7 Å². The summed E-state index contributed by atoms with van der Waals surface area (Å²) in [6.45, 7) is 1.98. The third kappa shape index (κ3) is 5.14. The molecule has 2 aromatic carbocycles. The summed E-state index contributed by atoms with van der Waals surface area (Å²) in [5.41, 5.74) is 2.64. The van der Waals surface area contributed by atoms with Gasteiger partial charge in [0, 0.05) is 33.5 Å². The Kier molecular flexibility index (Phi) is 6.57. The molecule has 4 rings (SSSR count). The summed E-state index contributed by atoms with van der Waals surface area (Å²) in [7, 11) is 1.66. The summed E-state index contributed by atoms with van der Waals surface area (Å²) in [5.74, 6) is 2.04. The Hall–Kier alpha value is -2.54. The summed E-state index contributed by atoms with van der Waals surface area (Å²) in [5, 5.41) is 11.3.